The van der Waals surface area contributed by atoms with Crippen molar-refractivity contribution in [2.24, 2.45) is 0 Å². The number of H-pyrrole nitrogens is 1. The van der Waals surface area contributed by atoms with Crippen molar-refractivity contribution in [3.8, 4) is 17.2 Å². The van der Waals surface area contributed by atoms with E-state index in [1.807, 2.05) is 19.1 Å². The standard InChI is InChI=1S/C23H23N9O2/c1-3-4-7-20-25-21-15(2)10-11-24-23(21)31(20)14-16-8-9-17(19(13-16)32(33)34)30-12-5-6-18(30)22-26-28-29-27-22/h5-6,8-13H,3-4,7,14H2,1-2H3,(H,26,27,28,29). The molecule has 0 aliphatic carbocycles. The van der Waals surface area contributed by atoms with Gasteiger partial charge in [-0.25, -0.2) is 15.1 Å². The molecule has 1 N–H and O–H groups in total. The molecule has 0 fully saturated rings. The number of imidazole rings is 1. The lowest BCUT2D eigenvalue weighted by Crippen LogP contribution is -2.08. The SMILES string of the molecule is CCCCc1nc2c(C)ccnc2n1Cc1ccc(-n2cccc2-c2nnn[nH]2)c([N+](=O)[O-])c1. The Morgan fingerprint density at radius 3 is 2.85 bits per heavy atom. The normalized spacial score (nSPS) is 11.4. The van der Waals surface area contributed by atoms with Crippen molar-refractivity contribution in [1.29, 1.82) is 0 Å². The number of hydrogen-bond acceptors (Lipinski definition) is 7. The zero-order valence-corrected chi connectivity index (χ0v) is 18.8. The summed E-state index contributed by atoms with van der Waals surface area (Å²) in [6.07, 6.45) is 6.41. The first-order valence-electron chi connectivity index (χ1n) is 11.1. The van der Waals surface area contributed by atoms with E-state index in [-0.39, 0.29) is 10.6 Å². The van der Waals surface area contributed by atoms with E-state index in [1.54, 1.807) is 41.2 Å². The van der Waals surface area contributed by atoms with Crippen LogP contribution in [-0.2, 0) is 13.0 Å². The summed E-state index contributed by atoms with van der Waals surface area (Å²) in [7, 11) is 0. The monoisotopic (exact) mass is 457 g/mol. The van der Waals surface area contributed by atoms with E-state index in [0.29, 0.717) is 23.8 Å². The second-order valence-corrected chi connectivity index (χ2v) is 8.11. The van der Waals surface area contributed by atoms with Crippen LogP contribution >= 0.6 is 0 Å². The number of nitrogens with one attached hydrogen (secondary N) is 1. The van der Waals surface area contributed by atoms with Crippen LogP contribution in [-0.4, -0.2) is 44.6 Å². The van der Waals surface area contributed by atoms with Crippen LogP contribution < -0.4 is 0 Å². The van der Waals surface area contributed by atoms with Gasteiger partial charge in [-0.3, -0.25) is 10.1 Å². The molecule has 5 rings (SSSR count). The predicted molar refractivity (Wildman–Crippen MR) is 126 cm³/mol. The molecule has 11 nitrogen and oxygen atoms in total. The Bertz CT molecular complexity index is 1470. The van der Waals surface area contributed by atoms with Crippen LogP contribution in [0, 0.1) is 17.0 Å². The summed E-state index contributed by atoms with van der Waals surface area (Å²) < 4.78 is 3.77. The number of nitro benzene ring substituents is 1. The minimum atomic E-state index is -0.367. The number of aromatic amines is 1. The highest BCUT2D eigenvalue weighted by atomic mass is 16.6. The molecule has 34 heavy (non-hydrogen) atoms. The van der Waals surface area contributed by atoms with Gasteiger partial charge in [-0.05, 0) is 59.2 Å². The van der Waals surface area contributed by atoms with Crippen molar-refractivity contribution in [2.75, 3.05) is 0 Å². The van der Waals surface area contributed by atoms with Crippen LogP contribution in [0.5, 0.6) is 0 Å². The second-order valence-electron chi connectivity index (χ2n) is 8.11. The van der Waals surface area contributed by atoms with Crippen LogP contribution in [0.25, 0.3) is 28.4 Å². The maximum atomic E-state index is 12.0. The average Bonchev–Trinajstić information content (AvgIpc) is 3.58. The largest absolute Gasteiger partial charge is 0.308 e. The first-order chi connectivity index (χ1) is 16.6. The Balaban J connectivity index is 1.57. The molecule has 4 heterocycles. The van der Waals surface area contributed by atoms with Crippen molar-refractivity contribution in [1.82, 2.24) is 39.7 Å². The van der Waals surface area contributed by atoms with Crippen LogP contribution in [0.2, 0.25) is 0 Å². The smallest absolute Gasteiger partial charge is 0.293 e. The number of tetrazole rings is 1. The summed E-state index contributed by atoms with van der Waals surface area (Å²) >= 11 is 0. The number of nitro groups is 1. The van der Waals surface area contributed by atoms with E-state index in [4.69, 9.17) is 4.98 Å². The molecular weight excluding hydrogens is 434 g/mol. The Labute approximate surface area is 194 Å². The molecule has 11 heteroatoms. The van der Waals surface area contributed by atoms with Crippen LogP contribution in [0.15, 0.2) is 48.8 Å². The Morgan fingerprint density at radius 2 is 2.09 bits per heavy atom. The summed E-state index contributed by atoms with van der Waals surface area (Å²) in [5.74, 6) is 1.37. The number of unbranched alkanes of at least 4 members (excludes halogenated alkanes) is 1. The molecule has 5 aromatic rings. The van der Waals surface area contributed by atoms with Crippen LogP contribution in [0.4, 0.5) is 5.69 Å². The van der Waals surface area contributed by atoms with Gasteiger partial charge < -0.3 is 9.13 Å². The molecule has 0 atom stereocenters. The fraction of sp³-hybridized carbons (Fsp3) is 0.261. The van der Waals surface area contributed by atoms with Crippen molar-refractivity contribution < 1.29 is 4.92 Å². The number of aromatic nitrogens is 8. The fourth-order valence-electron chi connectivity index (χ4n) is 4.13. The summed E-state index contributed by atoms with van der Waals surface area (Å²) in [6, 6.07) is 10.8. The maximum absolute atomic E-state index is 12.0. The van der Waals surface area contributed by atoms with Crippen LogP contribution in [0.3, 0.4) is 0 Å². The van der Waals surface area contributed by atoms with Gasteiger partial charge in [0.25, 0.3) is 5.69 Å². The van der Waals surface area contributed by atoms with E-state index in [9.17, 15) is 10.1 Å². The van der Waals surface area contributed by atoms with Crippen molar-refractivity contribution in [3.63, 3.8) is 0 Å². The summed E-state index contributed by atoms with van der Waals surface area (Å²) in [5, 5.41) is 25.9. The van der Waals surface area contributed by atoms with Gasteiger partial charge in [0.05, 0.1) is 17.2 Å². The number of pyridine rings is 1. The molecule has 0 saturated carbocycles. The summed E-state index contributed by atoms with van der Waals surface area (Å²) in [6.45, 7) is 4.60. The number of rotatable bonds is 8. The summed E-state index contributed by atoms with van der Waals surface area (Å²) in [5.41, 5.74) is 4.58. The number of benzene rings is 1. The van der Waals surface area contributed by atoms with Gasteiger partial charge in [-0.15, -0.1) is 5.10 Å². The van der Waals surface area contributed by atoms with E-state index >= 15 is 0 Å². The molecular formula is C23H23N9O2. The van der Waals surface area contributed by atoms with Gasteiger partial charge in [0.15, 0.2) is 11.5 Å². The first-order valence-corrected chi connectivity index (χ1v) is 11.1. The summed E-state index contributed by atoms with van der Waals surface area (Å²) in [4.78, 5) is 21.1. The van der Waals surface area contributed by atoms with Crippen molar-refractivity contribution in [3.05, 3.63) is 75.9 Å². The number of aryl methyl sites for hydroxylation is 2. The minimum Gasteiger partial charge on any atom is -0.308 e. The van der Waals surface area contributed by atoms with Gasteiger partial charge in [0.2, 0.25) is 0 Å². The molecule has 4 aromatic heterocycles. The third kappa shape index (κ3) is 3.81. The molecule has 172 valence electrons. The third-order valence-electron chi connectivity index (χ3n) is 5.84. The lowest BCUT2D eigenvalue weighted by Gasteiger charge is -2.12. The number of fused-ring (bicyclic) bond motifs is 1. The van der Waals surface area contributed by atoms with Crippen molar-refractivity contribution >= 4 is 16.9 Å². The highest BCUT2D eigenvalue weighted by Gasteiger charge is 2.21. The molecule has 0 unspecified atom stereocenters. The second kappa shape index (κ2) is 8.85. The Kier molecular flexibility index (Phi) is 5.58. The third-order valence-corrected chi connectivity index (χ3v) is 5.84. The minimum absolute atomic E-state index is 0.00825. The molecule has 0 amide bonds. The predicted octanol–water partition coefficient (Wildman–Crippen LogP) is 4.01. The zero-order valence-electron chi connectivity index (χ0n) is 18.8. The van der Waals surface area contributed by atoms with E-state index in [1.165, 1.54) is 0 Å². The number of hydrogen-bond donors (Lipinski definition) is 1. The van der Waals surface area contributed by atoms with Crippen LogP contribution in [0.1, 0.15) is 36.7 Å². The first kappa shape index (κ1) is 21.4. The maximum Gasteiger partial charge on any atom is 0.293 e. The Morgan fingerprint density at radius 1 is 1.21 bits per heavy atom. The van der Waals surface area contributed by atoms with E-state index in [2.05, 4.69) is 37.1 Å². The lowest BCUT2D eigenvalue weighted by atomic mass is 10.1. The quantitative estimate of drug-likeness (QED) is 0.275. The van der Waals surface area contributed by atoms with Gasteiger partial charge in [0, 0.05) is 24.9 Å². The molecule has 0 bridgehead atoms. The molecule has 0 aliphatic heterocycles. The van der Waals surface area contributed by atoms with Gasteiger partial charge in [-0.2, -0.15) is 0 Å². The molecule has 0 radical (unpaired) electrons. The van der Waals surface area contributed by atoms with E-state index < -0.39 is 0 Å². The highest BCUT2D eigenvalue weighted by molar-refractivity contribution is 5.75. The van der Waals surface area contributed by atoms with Gasteiger partial charge in [-0.1, -0.05) is 19.4 Å². The zero-order chi connectivity index (χ0) is 23.7. The topological polar surface area (TPSA) is 133 Å². The molecule has 1 aromatic carbocycles. The molecule has 0 saturated heterocycles. The van der Waals surface area contributed by atoms with Gasteiger partial charge in [0.1, 0.15) is 17.0 Å². The molecule has 0 spiro atoms. The number of nitrogens with zero attached hydrogens (tertiary/aromatic N) is 8. The molecule has 0 aliphatic rings. The Hall–Kier alpha value is -4.41. The van der Waals surface area contributed by atoms with Gasteiger partial charge >= 0.3 is 0 Å². The fourth-order valence-corrected chi connectivity index (χ4v) is 4.13. The highest BCUT2D eigenvalue weighted by Crippen LogP contribution is 2.30. The van der Waals surface area contributed by atoms with Crippen molar-refractivity contribution in [2.45, 2.75) is 39.7 Å². The lowest BCUT2D eigenvalue weighted by molar-refractivity contribution is -0.384. The average molecular weight is 457 g/mol. The van der Waals surface area contributed by atoms with E-state index in [0.717, 1.165) is 47.4 Å².